The second-order valence-corrected chi connectivity index (χ2v) is 7.38. The highest BCUT2D eigenvalue weighted by Crippen LogP contribution is 2.31. The molecule has 4 rings (SSSR count). The van der Waals surface area contributed by atoms with Crippen LogP contribution in [0.25, 0.3) is 20.8 Å². The second kappa shape index (κ2) is 6.81. The number of halogens is 1. The molecule has 0 aliphatic heterocycles. The van der Waals surface area contributed by atoms with Crippen LogP contribution < -0.4 is 10.1 Å². The van der Waals surface area contributed by atoms with Gasteiger partial charge in [-0.3, -0.25) is 10.1 Å². The van der Waals surface area contributed by atoms with E-state index in [9.17, 15) is 9.18 Å². The Morgan fingerprint density at radius 3 is 2.85 bits per heavy atom. The molecule has 2 heterocycles. The number of carbonyl (C=O) groups excluding carboxylic acids is 1. The number of carbonyl (C=O) groups is 1. The minimum Gasteiger partial charge on any atom is -0.497 e. The number of aromatic nitrogens is 2. The summed E-state index contributed by atoms with van der Waals surface area (Å²) in [7, 11) is 1.60. The minimum absolute atomic E-state index is 0.323. The maximum Gasteiger partial charge on any atom is 0.269 e. The van der Waals surface area contributed by atoms with Crippen molar-refractivity contribution >= 4 is 43.9 Å². The van der Waals surface area contributed by atoms with E-state index in [-0.39, 0.29) is 11.7 Å². The molecular formula is C18H12FN3O2S2. The lowest BCUT2D eigenvalue weighted by Crippen LogP contribution is -2.09. The molecule has 1 amide bonds. The largest absolute Gasteiger partial charge is 0.497 e. The number of amides is 1. The average Bonchev–Trinajstić information content (AvgIpc) is 3.28. The van der Waals surface area contributed by atoms with Gasteiger partial charge in [-0.05, 0) is 30.3 Å². The number of ether oxygens (including phenoxy) is 1. The van der Waals surface area contributed by atoms with Gasteiger partial charge in [0.1, 0.15) is 21.5 Å². The predicted molar refractivity (Wildman–Crippen MR) is 102 cm³/mol. The summed E-state index contributed by atoms with van der Waals surface area (Å²) in [4.78, 5) is 21.4. The summed E-state index contributed by atoms with van der Waals surface area (Å²) in [6.07, 6.45) is 1.44. The van der Waals surface area contributed by atoms with Crippen molar-refractivity contribution in [3.8, 4) is 16.3 Å². The highest BCUT2D eigenvalue weighted by atomic mass is 32.1. The quantitative estimate of drug-likeness (QED) is 0.547. The zero-order valence-electron chi connectivity index (χ0n) is 13.5. The molecule has 0 aliphatic carbocycles. The molecule has 26 heavy (non-hydrogen) atoms. The molecule has 0 saturated carbocycles. The van der Waals surface area contributed by atoms with Crippen molar-refractivity contribution in [1.82, 2.24) is 9.97 Å². The SMILES string of the molecule is COc1ccc2nc(NC(=O)c3cnc(-c4ccccc4F)s3)sc2c1. The molecule has 4 aromatic rings. The van der Waals surface area contributed by atoms with Gasteiger partial charge in [-0.15, -0.1) is 11.3 Å². The van der Waals surface area contributed by atoms with E-state index in [4.69, 9.17) is 4.74 Å². The van der Waals surface area contributed by atoms with Gasteiger partial charge in [0, 0.05) is 5.56 Å². The van der Waals surface area contributed by atoms with Crippen molar-refractivity contribution in [2.45, 2.75) is 0 Å². The van der Waals surface area contributed by atoms with E-state index in [1.165, 1.54) is 23.6 Å². The third-order valence-electron chi connectivity index (χ3n) is 3.65. The topological polar surface area (TPSA) is 64.1 Å². The normalized spacial score (nSPS) is 10.8. The van der Waals surface area contributed by atoms with E-state index in [1.807, 2.05) is 18.2 Å². The average molecular weight is 385 g/mol. The molecule has 0 unspecified atom stereocenters. The number of hydrogen-bond donors (Lipinski definition) is 1. The number of benzene rings is 2. The smallest absolute Gasteiger partial charge is 0.269 e. The van der Waals surface area contributed by atoms with Gasteiger partial charge in [-0.1, -0.05) is 23.5 Å². The highest BCUT2D eigenvalue weighted by molar-refractivity contribution is 7.22. The van der Waals surface area contributed by atoms with Gasteiger partial charge in [0.25, 0.3) is 5.91 Å². The van der Waals surface area contributed by atoms with Crippen LogP contribution >= 0.6 is 22.7 Å². The molecule has 0 atom stereocenters. The Balaban J connectivity index is 1.56. The standard InChI is InChI=1S/C18H12FN3O2S2/c1-24-10-6-7-13-14(8-10)26-18(21-13)22-16(23)15-9-20-17(25-15)11-4-2-3-5-12(11)19/h2-9H,1H3,(H,21,22,23). The molecule has 1 N–H and O–H groups in total. The summed E-state index contributed by atoms with van der Waals surface area (Å²) in [5.74, 6) is 0.0426. The van der Waals surface area contributed by atoms with Crippen molar-refractivity contribution < 1.29 is 13.9 Å². The van der Waals surface area contributed by atoms with Crippen LogP contribution in [-0.4, -0.2) is 23.0 Å². The Morgan fingerprint density at radius 2 is 2.04 bits per heavy atom. The number of nitrogens with one attached hydrogen (secondary N) is 1. The zero-order chi connectivity index (χ0) is 18.1. The minimum atomic E-state index is -0.367. The fraction of sp³-hybridized carbons (Fsp3) is 0.0556. The molecule has 5 nitrogen and oxygen atoms in total. The van der Waals surface area contributed by atoms with Crippen LogP contribution in [0.5, 0.6) is 5.75 Å². The maximum absolute atomic E-state index is 13.9. The Kier molecular flexibility index (Phi) is 4.36. The number of nitrogens with zero attached hydrogens (tertiary/aromatic N) is 2. The first-order chi connectivity index (χ1) is 12.6. The van der Waals surface area contributed by atoms with Crippen LogP contribution in [0.2, 0.25) is 0 Å². The molecule has 130 valence electrons. The van der Waals surface area contributed by atoms with Gasteiger partial charge in [0.15, 0.2) is 5.13 Å². The molecule has 0 fully saturated rings. The lowest BCUT2D eigenvalue weighted by Gasteiger charge is -1.98. The van der Waals surface area contributed by atoms with Gasteiger partial charge in [0.2, 0.25) is 0 Å². The molecule has 2 aromatic carbocycles. The van der Waals surface area contributed by atoms with E-state index in [2.05, 4.69) is 15.3 Å². The van der Waals surface area contributed by atoms with Crippen LogP contribution in [0.4, 0.5) is 9.52 Å². The molecule has 0 radical (unpaired) electrons. The number of thiazole rings is 2. The Bertz CT molecular complexity index is 1110. The highest BCUT2D eigenvalue weighted by Gasteiger charge is 2.15. The van der Waals surface area contributed by atoms with Gasteiger partial charge in [0.05, 0.1) is 23.5 Å². The lowest BCUT2D eigenvalue weighted by atomic mass is 10.2. The van der Waals surface area contributed by atoms with Crippen molar-refractivity contribution in [3.05, 3.63) is 59.4 Å². The monoisotopic (exact) mass is 385 g/mol. The summed E-state index contributed by atoms with van der Waals surface area (Å²) in [6.45, 7) is 0. The van der Waals surface area contributed by atoms with Crippen LogP contribution in [-0.2, 0) is 0 Å². The van der Waals surface area contributed by atoms with Crippen LogP contribution in [0, 0.1) is 5.82 Å². The first-order valence-electron chi connectivity index (χ1n) is 7.61. The van der Waals surface area contributed by atoms with E-state index >= 15 is 0 Å². The number of anilines is 1. The van der Waals surface area contributed by atoms with Crippen LogP contribution in [0.15, 0.2) is 48.7 Å². The van der Waals surface area contributed by atoms with E-state index in [1.54, 1.807) is 25.3 Å². The van der Waals surface area contributed by atoms with Crippen molar-refractivity contribution in [2.24, 2.45) is 0 Å². The second-order valence-electron chi connectivity index (χ2n) is 5.32. The van der Waals surface area contributed by atoms with Crippen molar-refractivity contribution in [1.29, 1.82) is 0 Å². The predicted octanol–water partition coefficient (Wildman–Crippen LogP) is 4.82. The van der Waals surface area contributed by atoms with Gasteiger partial charge >= 0.3 is 0 Å². The molecule has 2 aromatic heterocycles. The third kappa shape index (κ3) is 3.16. The maximum atomic E-state index is 13.9. The fourth-order valence-corrected chi connectivity index (χ4v) is 4.11. The number of methoxy groups -OCH3 is 1. The number of rotatable bonds is 4. The Morgan fingerprint density at radius 1 is 1.19 bits per heavy atom. The number of hydrogen-bond acceptors (Lipinski definition) is 6. The zero-order valence-corrected chi connectivity index (χ0v) is 15.2. The van der Waals surface area contributed by atoms with Gasteiger partial charge < -0.3 is 4.74 Å². The van der Waals surface area contributed by atoms with Gasteiger partial charge in [-0.25, -0.2) is 14.4 Å². The van der Waals surface area contributed by atoms with Crippen molar-refractivity contribution in [2.75, 3.05) is 12.4 Å². The molecule has 0 bridgehead atoms. The summed E-state index contributed by atoms with van der Waals surface area (Å²) in [6, 6.07) is 11.9. The third-order valence-corrected chi connectivity index (χ3v) is 5.61. The summed E-state index contributed by atoms with van der Waals surface area (Å²) >= 11 is 2.49. The van der Waals surface area contributed by atoms with Gasteiger partial charge in [-0.2, -0.15) is 0 Å². The summed E-state index contributed by atoms with van der Waals surface area (Å²) in [5.41, 5.74) is 1.16. The van der Waals surface area contributed by atoms with E-state index < -0.39 is 0 Å². The molecule has 0 spiro atoms. The lowest BCUT2D eigenvalue weighted by molar-refractivity contribution is 0.103. The van der Waals surface area contributed by atoms with E-state index in [0.717, 1.165) is 27.3 Å². The molecule has 8 heteroatoms. The van der Waals surface area contributed by atoms with Crippen molar-refractivity contribution in [3.63, 3.8) is 0 Å². The summed E-state index contributed by atoms with van der Waals surface area (Å²) in [5, 5.41) is 3.71. The first kappa shape index (κ1) is 16.6. The fourth-order valence-electron chi connectivity index (χ4n) is 2.38. The first-order valence-corrected chi connectivity index (χ1v) is 9.24. The Hall–Kier alpha value is -2.84. The number of fused-ring (bicyclic) bond motifs is 1. The molecular weight excluding hydrogens is 373 g/mol. The Labute approximate surface area is 156 Å². The van der Waals surface area contributed by atoms with E-state index in [0.29, 0.717) is 20.6 Å². The summed E-state index contributed by atoms with van der Waals surface area (Å²) < 4.78 is 20.0. The van der Waals surface area contributed by atoms with Crippen LogP contribution in [0.1, 0.15) is 9.67 Å². The van der Waals surface area contributed by atoms with Crippen LogP contribution in [0.3, 0.4) is 0 Å². The molecule has 0 saturated heterocycles. The molecule has 0 aliphatic rings.